The van der Waals surface area contributed by atoms with Crippen LogP contribution in [0.3, 0.4) is 0 Å². The number of urea groups is 1. The van der Waals surface area contributed by atoms with E-state index in [9.17, 15) is 24.3 Å². The number of esters is 1. The maximum atomic E-state index is 13.6. The smallest absolute Gasteiger partial charge is 0.337 e. The van der Waals surface area contributed by atoms with Crippen LogP contribution in [0.2, 0.25) is 0 Å². The van der Waals surface area contributed by atoms with Crippen molar-refractivity contribution < 1.29 is 33.8 Å². The lowest BCUT2D eigenvalue weighted by Crippen LogP contribution is -2.59. The van der Waals surface area contributed by atoms with Gasteiger partial charge < -0.3 is 35.4 Å². The lowest BCUT2D eigenvalue weighted by Gasteiger charge is -2.31. The fourth-order valence-electron chi connectivity index (χ4n) is 5.49. The highest BCUT2D eigenvalue weighted by atomic mass is 32.2. The fourth-order valence-corrected chi connectivity index (χ4v) is 6.05. The molecular weight excluding hydrogens is 572 g/mol. The van der Waals surface area contributed by atoms with Gasteiger partial charge in [0.1, 0.15) is 12.1 Å². The van der Waals surface area contributed by atoms with Gasteiger partial charge in [0, 0.05) is 25.3 Å². The van der Waals surface area contributed by atoms with Crippen molar-refractivity contribution in [3.63, 3.8) is 0 Å². The Bertz CT molecular complexity index is 1030. The van der Waals surface area contributed by atoms with Crippen LogP contribution in [0.5, 0.6) is 0 Å². The normalized spacial score (nSPS) is 18.7. The van der Waals surface area contributed by atoms with Gasteiger partial charge in [0.05, 0.1) is 25.4 Å². The van der Waals surface area contributed by atoms with Gasteiger partial charge in [0.2, 0.25) is 11.8 Å². The van der Waals surface area contributed by atoms with Crippen molar-refractivity contribution in [2.45, 2.75) is 89.1 Å². The second-order valence-corrected chi connectivity index (χ2v) is 12.5. The van der Waals surface area contributed by atoms with Gasteiger partial charge in [-0.1, -0.05) is 62.4 Å². The van der Waals surface area contributed by atoms with Crippen molar-refractivity contribution in [1.29, 1.82) is 0 Å². The van der Waals surface area contributed by atoms with E-state index in [1.165, 1.54) is 11.8 Å². The largest absolute Gasteiger partial charge is 0.461 e. The Balaban J connectivity index is 1.74. The van der Waals surface area contributed by atoms with Gasteiger partial charge in [-0.25, -0.2) is 9.59 Å². The number of morpholine rings is 1. The van der Waals surface area contributed by atoms with Crippen LogP contribution >= 0.6 is 11.8 Å². The van der Waals surface area contributed by atoms with Crippen molar-refractivity contribution in [3.05, 3.63) is 35.9 Å². The third-order valence-electron chi connectivity index (χ3n) is 7.78. The topological polar surface area (TPSA) is 146 Å². The third kappa shape index (κ3) is 11.6. The monoisotopic (exact) mass is 620 g/mol. The number of hydrogen-bond acceptors (Lipinski definition) is 8. The number of thioether (sulfide) groups is 1. The fraction of sp³-hybridized carbons (Fsp3) is 0.677. The number of nitrogens with one attached hydrogen (secondary N) is 3. The van der Waals surface area contributed by atoms with Gasteiger partial charge in [0.15, 0.2) is 6.10 Å². The van der Waals surface area contributed by atoms with Crippen LogP contribution in [-0.2, 0) is 30.3 Å². The molecule has 1 heterocycles. The van der Waals surface area contributed by atoms with E-state index in [-0.39, 0.29) is 24.1 Å². The molecule has 11 nitrogen and oxygen atoms in total. The summed E-state index contributed by atoms with van der Waals surface area (Å²) in [5, 5.41) is 19.5. The summed E-state index contributed by atoms with van der Waals surface area (Å²) in [5.74, 6) is -1.26. The summed E-state index contributed by atoms with van der Waals surface area (Å²) < 4.78 is 10.6. The zero-order chi connectivity index (χ0) is 31.2. The average molecular weight is 621 g/mol. The maximum Gasteiger partial charge on any atom is 0.337 e. The number of ether oxygens (including phenoxy) is 2. The first-order chi connectivity index (χ1) is 20.7. The minimum atomic E-state index is -1.53. The van der Waals surface area contributed by atoms with E-state index in [0.29, 0.717) is 32.7 Å². The molecule has 4 atom stereocenters. The van der Waals surface area contributed by atoms with Gasteiger partial charge >= 0.3 is 12.0 Å². The van der Waals surface area contributed by atoms with Gasteiger partial charge in [-0.2, -0.15) is 11.8 Å². The highest BCUT2D eigenvalue weighted by molar-refractivity contribution is 7.98. The molecule has 0 aromatic heterocycles. The van der Waals surface area contributed by atoms with E-state index >= 15 is 0 Å². The molecule has 0 bridgehead atoms. The molecule has 0 radical (unpaired) electrons. The van der Waals surface area contributed by atoms with Crippen molar-refractivity contribution in [1.82, 2.24) is 20.9 Å². The first-order valence-corrected chi connectivity index (χ1v) is 16.7. The maximum absolute atomic E-state index is 13.6. The Morgan fingerprint density at radius 2 is 1.63 bits per heavy atom. The van der Waals surface area contributed by atoms with Crippen LogP contribution in [0.15, 0.2) is 30.3 Å². The molecule has 0 spiro atoms. The number of nitrogens with zero attached hydrogens (tertiary/aromatic N) is 1. The van der Waals surface area contributed by atoms with Crippen molar-refractivity contribution >= 4 is 35.6 Å². The minimum absolute atomic E-state index is 0.237. The van der Waals surface area contributed by atoms with Gasteiger partial charge in [-0.3, -0.25) is 9.59 Å². The van der Waals surface area contributed by atoms with Crippen molar-refractivity contribution in [2.24, 2.45) is 5.92 Å². The molecule has 4 N–H and O–H groups in total. The molecule has 2 fully saturated rings. The Labute approximate surface area is 259 Å². The van der Waals surface area contributed by atoms with Crippen LogP contribution in [-0.4, -0.2) is 102 Å². The Hall–Kier alpha value is -2.83. The van der Waals surface area contributed by atoms with Gasteiger partial charge in [-0.05, 0) is 38.0 Å². The second kappa shape index (κ2) is 18.1. The number of rotatable bonds is 14. The first-order valence-electron chi connectivity index (χ1n) is 15.3. The minimum Gasteiger partial charge on any atom is -0.461 e. The number of carbonyl (C=O) groups is 4. The molecule has 1 aromatic carbocycles. The summed E-state index contributed by atoms with van der Waals surface area (Å²) in [6.45, 7) is 5.11. The third-order valence-corrected chi connectivity index (χ3v) is 8.44. The van der Waals surface area contributed by atoms with Crippen LogP contribution in [0.25, 0.3) is 0 Å². The highest BCUT2D eigenvalue weighted by Crippen LogP contribution is 2.28. The first kappa shape index (κ1) is 34.7. The molecule has 1 aliphatic carbocycles. The number of amides is 4. The van der Waals surface area contributed by atoms with Crippen LogP contribution in [0.1, 0.15) is 57.9 Å². The Morgan fingerprint density at radius 1 is 0.977 bits per heavy atom. The summed E-state index contributed by atoms with van der Waals surface area (Å²) in [6, 6.07) is 6.23. The predicted octanol–water partition coefficient (Wildman–Crippen LogP) is 2.26. The Morgan fingerprint density at radius 3 is 2.26 bits per heavy atom. The van der Waals surface area contributed by atoms with E-state index in [2.05, 4.69) is 16.0 Å². The summed E-state index contributed by atoms with van der Waals surface area (Å²) in [4.78, 5) is 54.5. The number of aliphatic hydroxyl groups excluding tert-OH is 1. The molecule has 12 heteroatoms. The summed E-state index contributed by atoms with van der Waals surface area (Å²) in [6.07, 6.45) is 5.78. The molecule has 4 amide bonds. The molecule has 2 unspecified atom stereocenters. The van der Waals surface area contributed by atoms with E-state index in [4.69, 9.17) is 9.47 Å². The van der Waals surface area contributed by atoms with Crippen LogP contribution in [0, 0.1) is 5.92 Å². The van der Waals surface area contributed by atoms with Crippen molar-refractivity contribution in [2.75, 3.05) is 38.3 Å². The molecule has 1 aliphatic heterocycles. The van der Waals surface area contributed by atoms with Crippen LogP contribution < -0.4 is 16.0 Å². The number of carbonyl (C=O) groups excluding carboxylic acids is 4. The SMILES string of the molecule is CSC[C@H](NC(=O)[C@H](Cc1ccccc1)NC(=O)N1CCOCC1)C(=O)NC(CC1CCCCC1)C(O)C(=O)OC(C)C. The van der Waals surface area contributed by atoms with Gasteiger partial charge in [-0.15, -0.1) is 0 Å². The summed E-state index contributed by atoms with van der Waals surface area (Å²) in [7, 11) is 0. The zero-order valence-corrected chi connectivity index (χ0v) is 26.4. The lowest BCUT2D eigenvalue weighted by molar-refractivity contribution is -0.159. The van der Waals surface area contributed by atoms with E-state index < -0.39 is 48.1 Å². The van der Waals surface area contributed by atoms with E-state index in [0.717, 1.165) is 37.7 Å². The molecule has 1 saturated carbocycles. The van der Waals surface area contributed by atoms with E-state index in [1.807, 2.05) is 36.6 Å². The molecule has 1 aromatic rings. The van der Waals surface area contributed by atoms with E-state index in [1.54, 1.807) is 18.7 Å². The second-order valence-electron chi connectivity index (χ2n) is 11.6. The standard InChI is InChI=1S/C31H48N4O7S/c1-21(2)42-30(39)27(36)24(18-22-10-6-4-7-11-22)32-29(38)26(20-43-3)33-28(37)25(19-23-12-8-5-9-13-23)34-31(40)35-14-16-41-17-15-35/h5,8-9,12-13,21-22,24-27,36H,4,6-7,10-11,14-20H2,1-3H3,(H,32,38)(H,33,37)(H,34,40)/t24?,25-,26-,27?/m0/s1. The molecule has 43 heavy (non-hydrogen) atoms. The molecule has 1 saturated heterocycles. The van der Waals surface area contributed by atoms with Crippen LogP contribution in [0.4, 0.5) is 4.79 Å². The predicted molar refractivity (Wildman–Crippen MR) is 166 cm³/mol. The Kier molecular flexibility index (Phi) is 14.6. The average Bonchev–Trinajstić information content (AvgIpc) is 3.00. The molecule has 3 rings (SSSR count). The zero-order valence-electron chi connectivity index (χ0n) is 25.6. The molecule has 240 valence electrons. The quantitative estimate of drug-likeness (QED) is 0.232. The van der Waals surface area contributed by atoms with Crippen molar-refractivity contribution in [3.8, 4) is 0 Å². The number of benzene rings is 1. The summed E-state index contributed by atoms with van der Waals surface area (Å²) in [5.41, 5.74) is 0.857. The number of aliphatic hydroxyl groups is 1. The van der Waals surface area contributed by atoms with Gasteiger partial charge in [0.25, 0.3) is 0 Å². The highest BCUT2D eigenvalue weighted by Gasteiger charge is 2.35. The number of hydrogen-bond donors (Lipinski definition) is 4. The molecular formula is C31H48N4O7S. The summed E-state index contributed by atoms with van der Waals surface area (Å²) >= 11 is 1.38. The lowest BCUT2D eigenvalue weighted by atomic mass is 9.83. The molecule has 2 aliphatic rings.